The molecule has 1 heterocycles. The molecule has 0 fully saturated rings. The van der Waals surface area contributed by atoms with Gasteiger partial charge in [-0.25, -0.2) is 0 Å². The van der Waals surface area contributed by atoms with Crippen molar-refractivity contribution in [1.82, 2.24) is 5.32 Å². The molecule has 0 amide bonds. The van der Waals surface area contributed by atoms with Gasteiger partial charge in [0.1, 0.15) is 0 Å². The standard InChI is InChI=1S/C14H14BrCl2NS/c1-2-13(10-4-3-9(16)7-12(10)17)18-8-14-11(15)5-6-19-14/h3-7,13,18H,2,8H2,1H3. The highest BCUT2D eigenvalue weighted by molar-refractivity contribution is 9.10. The van der Waals surface area contributed by atoms with E-state index in [-0.39, 0.29) is 6.04 Å². The maximum absolute atomic E-state index is 6.26. The van der Waals surface area contributed by atoms with Gasteiger partial charge in [-0.1, -0.05) is 36.2 Å². The lowest BCUT2D eigenvalue weighted by Gasteiger charge is -2.18. The molecule has 0 saturated carbocycles. The zero-order chi connectivity index (χ0) is 13.8. The minimum Gasteiger partial charge on any atom is -0.305 e. The summed E-state index contributed by atoms with van der Waals surface area (Å²) in [6.45, 7) is 2.97. The van der Waals surface area contributed by atoms with Crippen molar-refractivity contribution in [3.05, 3.63) is 54.6 Å². The molecule has 102 valence electrons. The lowest BCUT2D eigenvalue weighted by Crippen LogP contribution is -2.20. The number of hydrogen-bond donors (Lipinski definition) is 1. The first kappa shape index (κ1) is 15.3. The highest BCUT2D eigenvalue weighted by atomic mass is 79.9. The van der Waals surface area contributed by atoms with Gasteiger partial charge in [-0.05, 0) is 51.5 Å². The number of halogens is 3. The Kier molecular flexibility index (Phi) is 5.72. The van der Waals surface area contributed by atoms with Gasteiger partial charge >= 0.3 is 0 Å². The van der Waals surface area contributed by atoms with Crippen molar-refractivity contribution in [2.24, 2.45) is 0 Å². The van der Waals surface area contributed by atoms with E-state index in [0.717, 1.165) is 28.0 Å². The lowest BCUT2D eigenvalue weighted by molar-refractivity contribution is 0.521. The molecule has 2 rings (SSSR count). The molecule has 0 aliphatic carbocycles. The van der Waals surface area contributed by atoms with E-state index in [0.29, 0.717) is 5.02 Å². The lowest BCUT2D eigenvalue weighted by atomic mass is 10.0. The molecule has 0 radical (unpaired) electrons. The Morgan fingerprint density at radius 3 is 2.68 bits per heavy atom. The Bertz CT molecular complexity index is 556. The maximum atomic E-state index is 6.26. The first-order chi connectivity index (χ1) is 9.11. The summed E-state index contributed by atoms with van der Waals surface area (Å²) in [4.78, 5) is 1.29. The molecule has 1 atom stereocenters. The second kappa shape index (κ2) is 7.09. The minimum absolute atomic E-state index is 0.235. The third kappa shape index (κ3) is 3.96. The van der Waals surface area contributed by atoms with Crippen LogP contribution in [0.25, 0.3) is 0 Å². The summed E-state index contributed by atoms with van der Waals surface area (Å²) in [5.41, 5.74) is 1.10. The SMILES string of the molecule is CCC(NCc1sccc1Br)c1ccc(Cl)cc1Cl. The van der Waals surface area contributed by atoms with E-state index in [4.69, 9.17) is 23.2 Å². The maximum Gasteiger partial charge on any atom is 0.0468 e. The van der Waals surface area contributed by atoms with Crippen LogP contribution in [0.15, 0.2) is 34.1 Å². The number of rotatable bonds is 5. The van der Waals surface area contributed by atoms with Gasteiger partial charge in [-0.3, -0.25) is 0 Å². The second-order valence-corrected chi connectivity index (χ2v) is 6.90. The summed E-state index contributed by atoms with van der Waals surface area (Å²) < 4.78 is 1.15. The van der Waals surface area contributed by atoms with Gasteiger partial charge in [0, 0.05) is 32.0 Å². The van der Waals surface area contributed by atoms with Gasteiger partial charge in [-0.2, -0.15) is 0 Å². The third-order valence-electron chi connectivity index (χ3n) is 2.95. The Labute approximate surface area is 136 Å². The summed E-state index contributed by atoms with van der Waals surface area (Å²) in [6, 6.07) is 7.98. The van der Waals surface area contributed by atoms with Crippen LogP contribution in [-0.2, 0) is 6.54 Å². The highest BCUT2D eigenvalue weighted by Crippen LogP contribution is 2.29. The average Bonchev–Trinajstić information content (AvgIpc) is 2.78. The van der Waals surface area contributed by atoms with E-state index in [1.165, 1.54) is 4.88 Å². The summed E-state index contributed by atoms with van der Waals surface area (Å²) in [5.74, 6) is 0. The fourth-order valence-electron chi connectivity index (χ4n) is 1.93. The average molecular weight is 379 g/mol. The molecule has 0 aliphatic heterocycles. The fourth-order valence-corrected chi connectivity index (χ4v) is 3.91. The van der Waals surface area contributed by atoms with E-state index >= 15 is 0 Å². The third-order valence-corrected chi connectivity index (χ3v) is 5.43. The number of benzene rings is 1. The number of thiophene rings is 1. The Morgan fingerprint density at radius 2 is 2.11 bits per heavy atom. The topological polar surface area (TPSA) is 12.0 Å². The van der Waals surface area contributed by atoms with Crippen LogP contribution in [0.2, 0.25) is 10.0 Å². The van der Waals surface area contributed by atoms with Crippen LogP contribution >= 0.6 is 50.5 Å². The van der Waals surface area contributed by atoms with E-state index < -0.39 is 0 Å². The molecule has 5 heteroatoms. The first-order valence-corrected chi connectivity index (χ1v) is 8.45. The number of hydrogen-bond acceptors (Lipinski definition) is 2. The van der Waals surface area contributed by atoms with Crippen molar-refractivity contribution in [3.63, 3.8) is 0 Å². The minimum atomic E-state index is 0.235. The molecule has 1 aromatic heterocycles. The van der Waals surface area contributed by atoms with Crippen molar-refractivity contribution < 1.29 is 0 Å². The zero-order valence-electron chi connectivity index (χ0n) is 10.4. The highest BCUT2D eigenvalue weighted by Gasteiger charge is 2.13. The molecule has 0 aliphatic rings. The molecular weight excluding hydrogens is 365 g/mol. The Balaban J connectivity index is 2.10. The van der Waals surface area contributed by atoms with Crippen molar-refractivity contribution in [2.45, 2.75) is 25.9 Å². The zero-order valence-corrected chi connectivity index (χ0v) is 14.3. The van der Waals surface area contributed by atoms with Crippen molar-refractivity contribution in [2.75, 3.05) is 0 Å². The normalized spacial score (nSPS) is 12.6. The van der Waals surface area contributed by atoms with Gasteiger partial charge in [0.2, 0.25) is 0 Å². The van der Waals surface area contributed by atoms with Crippen molar-refractivity contribution in [1.29, 1.82) is 0 Å². The molecule has 0 bridgehead atoms. The van der Waals surface area contributed by atoms with Crippen LogP contribution < -0.4 is 5.32 Å². The summed E-state index contributed by atoms with van der Waals surface area (Å²) >= 11 is 17.5. The van der Waals surface area contributed by atoms with E-state index in [2.05, 4.69) is 39.6 Å². The van der Waals surface area contributed by atoms with E-state index in [1.54, 1.807) is 17.4 Å². The van der Waals surface area contributed by atoms with Crippen LogP contribution in [0.1, 0.15) is 29.8 Å². The molecule has 19 heavy (non-hydrogen) atoms. The van der Waals surface area contributed by atoms with Gasteiger partial charge in [0.15, 0.2) is 0 Å². The molecule has 1 nitrogen and oxygen atoms in total. The van der Waals surface area contributed by atoms with Crippen LogP contribution in [0.4, 0.5) is 0 Å². The molecule has 1 N–H and O–H groups in total. The summed E-state index contributed by atoms with van der Waals surface area (Å²) in [6.07, 6.45) is 0.977. The van der Waals surface area contributed by atoms with Gasteiger partial charge in [0.05, 0.1) is 0 Å². The fraction of sp³-hybridized carbons (Fsp3) is 0.286. The van der Waals surface area contributed by atoms with Crippen LogP contribution in [0.5, 0.6) is 0 Å². The molecule has 1 unspecified atom stereocenters. The predicted octanol–water partition coefficient (Wildman–Crippen LogP) is 6.06. The van der Waals surface area contributed by atoms with Crippen LogP contribution in [-0.4, -0.2) is 0 Å². The molecule has 2 aromatic rings. The Hall–Kier alpha value is -0.0600. The van der Waals surface area contributed by atoms with Gasteiger partial charge in [-0.15, -0.1) is 11.3 Å². The predicted molar refractivity (Wildman–Crippen MR) is 88.4 cm³/mol. The first-order valence-electron chi connectivity index (χ1n) is 6.02. The van der Waals surface area contributed by atoms with Crippen molar-refractivity contribution >= 4 is 50.5 Å². The van der Waals surface area contributed by atoms with Crippen molar-refractivity contribution in [3.8, 4) is 0 Å². The van der Waals surface area contributed by atoms with E-state index in [1.807, 2.05) is 12.1 Å². The van der Waals surface area contributed by atoms with Crippen LogP contribution in [0.3, 0.4) is 0 Å². The second-order valence-electron chi connectivity index (χ2n) is 4.20. The van der Waals surface area contributed by atoms with E-state index in [9.17, 15) is 0 Å². The Morgan fingerprint density at radius 1 is 1.32 bits per heavy atom. The largest absolute Gasteiger partial charge is 0.305 e. The summed E-state index contributed by atoms with van der Waals surface area (Å²) in [7, 11) is 0. The van der Waals surface area contributed by atoms with Gasteiger partial charge < -0.3 is 5.32 Å². The quantitative estimate of drug-likeness (QED) is 0.666. The monoisotopic (exact) mass is 377 g/mol. The van der Waals surface area contributed by atoms with Gasteiger partial charge in [0.25, 0.3) is 0 Å². The number of nitrogens with one attached hydrogen (secondary N) is 1. The molecule has 1 aromatic carbocycles. The van der Waals surface area contributed by atoms with Crippen LogP contribution in [0, 0.1) is 0 Å². The smallest absolute Gasteiger partial charge is 0.0468 e. The summed E-state index contributed by atoms with van der Waals surface area (Å²) in [5, 5.41) is 7.01. The molecule has 0 spiro atoms. The molecular formula is C14H14BrCl2NS. The molecule has 0 saturated heterocycles.